The number of rotatable bonds is 5. The highest BCUT2D eigenvalue weighted by Gasteiger charge is 2.11. The van der Waals surface area contributed by atoms with Crippen molar-refractivity contribution in [3.8, 4) is 0 Å². The summed E-state index contributed by atoms with van der Waals surface area (Å²) in [5.41, 5.74) is 3.10. The number of hydrogen-bond acceptors (Lipinski definition) is 6. The van der Waals surface area contributed by atoms with Gasteiger partial charge in [-0.3, -0.25) is 4.79 Å². The lowest BCUT2D eigenvalue weighted by Gasteiger charge is -2.12. The van der Waals surface area contributed by atoms with Crippen molar-refractivity contribution in [2.45, 2.75) is 6.92 Å². The fraction of sp³-hybridized carbons (Fsp3) is 0.167. The van der Waals surface area contributed by atoms with Crippen molar-refractivity contribution in [3.05, 3.63) is 59.2 Å². The van der Waals surface area contributed by atoms with E-state index in [1.807, 2.05) is 68.4 Å². The first-order chi connectivity index (χ1) is 12.0. The van der Waals surface area contributed by atoms with E-state index in [4.69, 9.17) is 0 Å². The Morgan fingerprint density at radius 2 is 1.84 bits per heavy atom. The van der Waals surface area contributed by atoms with Crippen LogP contribution in [0.4, 0.5) is 22.3 Å². The van der Waals surface area contributed by atoms with E-state index < -0.39 is 0 Å². The fourth-order valence-corrected chi connectivity index (χ4v) is 2.89. The average molecular weight is 353 g/mol. The number of nitrogens with zero attached hydrogens (tertiary/aromatic N) is 3. The predicted octanol–water partition coefficient (Wildman–Crippen LogP) is 3.91. The highest BCUT2D eigenvalue weighted by Crippen LogP contribution is 2.21. The first-order valence-corrected chi connectivity index (χ1v) is 8.64. The smallest absolute Gasteiger partial charge is 0.275 e. The summed E-state index contributed by atoms with van der Waals surface area (Å²) >= 11 is 1.37. The molecule has 0 unspecified atom stereocenters. The molecule has 6 nitrogen and oxygen atoms in total. The molecule has 0 fully saturated rings. The van der Waals surface area contributed by atoms with Crippen LogP contribution in [-0.2, 0) is 0 Å². The number of amides is 1. The van der Waals surface area contributed by atoms with Crippen molar-refractivity contribution in [1.29, 1.82) is 0 Å². The molecule has 2 heterocycles. The Kier molecular flexibility index (Phi) is 4.95. The first kappa shape index (κ1) is 16.9. The monoisotopic (exact) mass is 353 g/mol. The van der Waals surface area contributed by atoms with Gasteiger partial charge in [-0.15, -0.1) is 11.3 Å². The lowest BCUT2D eigenvalue weighted by atomic mass is 10.2. The van der Waals surface area contributed by atoms with Crippen LogP contribution in [0.5, 0.6) is 0 Å². The van der Waals surface area contributed by atoms with Crippen LogP contribution in [0.25, 0.3) is 0 Å². The van der Waals surface area contributed by atoms with Crippen LogP contribution in [-0.4, -0.2) is 30.0 Å². The third-order valence-corrected chi connectivity index (χ3v) is 4.26. The van der Waals surface area contributed by atoms with Gasteiger partial charge in [-0.2, -0.15) is 0 Å². The molecule has 0 aliphatic rings. The predicted molar refractivity (Wildman–Crippen MR) is 103 cm³/mol. The van der Waals surface area contributed by atoms with E-state index in [1.54, 1.807) is 5.38 Å². The molecule has 1 aromatic carbocycles. The second-order valence-corrected chi connectivity index (χ2v) is 6.58. The van der Waals surface area contributed by atoms with Gasteiger partial charge in [-0.05, 0) is 43.3 Å². The second kappa shape index (κ2) is 7.31. The molecule has 3 aromatic rings. The van der Waals surface area contributed by atoms with E-state index in [-0.39, 0.29) is 5.91 Å². The molecular weight excluding hydrogens is 334 g/mol. The van der Waals surface area contributed by atoms with Crippen molar-refractivity contribution in [3.63, 3.8) is 0 Å². The van der Waals surface area contributed by atoms with Gasteiger partial charge in [0.2, 0.25) is 0 Å². The number of carbonyl (C=O) groups is 1. The number of carbonyl (C=O) groups excluding carboxylic acids is 1. The minimum Gasteiger partial charge on any atom is -0.378 e. The third kappa shape index (κ3) is 4.33. The summed E-state index contributed by atoms with van der Waals surface area (Å²) in [6, 6.07) is 13.3. The van der Waals surface area contributed by atoms with Gasteiger partial charge in [0.05, 0.1) is 0 Å². The highest BCUT2D eigenvalue weighted by molar-refractivity contribution is 7.14. The van der Waals surface area contributed by atoms with E-state index in [2.05, 4.69) is 20.6 Å². The summed E-state index contributed by atoms with van der Waals surface area (Å²) in [5, 5.41) is 8.32. The molecule has 0 aliphatic heterocycles. The van der Waals surface area contributed by atoms with Crippen LogP contribution >= 0.6 is 11.3 Å². The lowest BCUT2D eigenvalue weighted by Crippen LogP contribution is -2.13. The molecule has 1 amide bonds. The zero-order valence-corrected chi connectivity index (χ0v) is 15.1. The topological polar surface area (TPSA) is 70.2 Å². The zero-order valence-electron chi connectivity index (χ0n) is 14.3. The fourth-order valence-electron chi connectivity index (χ4n) is 2.20. The summed E-state index contributed by atoms with van der Waals surface area (Å²) in [6.07, 6.45) is 0. The van der Waals surface area contributed by atoms with Crippen LogP contribution in [0.15, 0.2) is 47.8 Å². The van der Waals surface area contributed by atoms with Crippen molar-refractivity contribution in [2.24, 2.45) is 0 Å². The summed E-state index contributed by atoms with van der Waals surface area (Å²) < 4.78 is 0. The van der Waals surface area contributed by atoms with Gasteiger partial charge in [0.1, 0.15) is 11.5 Å². The third-order valence-electron chi connectivity index (χ3n) is 3.50. The molecule has 0 aliphatic carbocycles. The average Bonchev–Trinajstić information content (AvgIpc) is 3.04. The van der Waals surface area contributed by atoms with Gasteiger partial charge in [0, 0.05) is 36.5 Å². The molecule has 2 N–H and O–H groups in total. The zero-order chi connectivity index (χ0) is 17.8. The van der Waals surface area contributed by atoms with Gasteiger partial charge >= 0.3 is 0 Å². The Morgan fingerprint density at radius 3 is 2.52 bits per heavy atom. The molecule has 3 rings (SSSR count). The van der Waals surface area contributed by atoms with Gasteiger partial charge in [-0.1, -0.05) is 6.07 Å². The second-order valence-electron chi connectivity index (χ2n) is 5.72. The van der Waals surface area contributed by atoms with Gasteiger partial charge < -0.3 is 15.5 Å². The maximum Gasteiger partial charge on any atom is 0.275 e. The standard InChI is InChI=1S/C18H19N5OS/c1-12-5-4-6-16(19-12)22-18-21-15(11-25-18)17(24)20-13-7-9-14(10-8-13)23(2)3/h4-11H,1-3H3,(H,20,24)(H,19,21,22). The van der Waals surface area contributed by atoms with Gasteiger partial charge in [0.25, 0.3) is 5.91 Å². The van der Waals surface area contributed by atoms with Crippen LogP contribution in [0, 0.1) is 6.92 Å². The SMILES string of the molecule is Cc1cccc(Nc2nc(C(=O)Nc3ccc(N(C)C)cc3)cs2)n1. The van der Waals surface area contributed by atoms with E-state index >= 15 is 0 Å². The number of benzene rings is 1. The largest absolute Gasteiger partial charge is 0.378 e. The molecule has 7 heteroatoms. The summed E-state index contributed by atoms with van der Waals surface area (Å²) in [7, 11) is 3.95. The molecular formula is C18H19N5OS. The highest BCUT2D eigenvalue weighted by atomic mass is 32.1. The van der Waals surface area contributed by atoms with Crippen molar-refractivity contribution in [2.75, 3.05) is 29.6 Å². The molecule has 0 saturated carbocycles. The number of pyridine rings is 1. The minimum absolute atomic E-state index is 0.237. The normalized spacial score (nSPS) is 10.4. The quantitative estimate of drug-likeness (QED) is 0.728. The Morgan fingerprint density at radius 1 is 1.08 bits per heavy atom. The number of nitrogens with one attached hydrogen (secondary N) is 2. The maximum atomic E-state index is 12.3. The minimum atomic E-state index is -0.237. The van der Waals surface area contributed by atoms with Crippen molar-refractivity contribution >= 4 is 39.6 Å². The summed E-state index contributed by atoms with van der Waals surface area (Å²) in [4.78, 5) is 23.0. The Labute approximate surface area is 150 Å². The Hall–Kier alpha value is -2.93. The maximum absolute atomic E-state index is 12.3. The number of hydrogen-bond donors (Lipinski definition) is 2. The van der Waals surface area contributed by atoms with E-state index in [9.17, 15) is 4.79 Å². The lowest BCUT2D eigenvalue weighted by molar-refractivity contribution is 0.102. The van der Waals surface area contributed by atoms with Gasteiger partial charge in [-0.25, -0.2) is 9.97 Å². The van der Waals surface area contributed by atoms with Crippen LogP contribution in [0.3, 0.4) is 0 Å². The van der Waals surface area contributed by atoms with Crippen molar-refractivity contribution < 1.29 is 4.79 Å². The Bertz CT molecular complexity index is 873. The number of anilines is 4. The molecule has 0 spiro atoms. The molecule has 0 atom stereocenters. The molecule has 0 radical (unpaired) electrons. The van der Waals surface area contributed by atoms with Crippen molar-refractivity contribution in [1.82, 2.24) is 9.97 Å². The Balaban J connectivity index is 1.66. The van der Waals surface area contributed by atoms with E-state index in [0.717, 1.165) is 17.1 Å². The molecule has 25 heavy (non-hydrogen) atoms. The molecule has 128 valence electrons. The van der Waals surface area contributed by atoms with Crippen LogP contribution in [0.2, 0.25) is 0 Å². The number of aromatic nitrogens is 2. The van der Waals surface area contributed by atoms with E-state index in [1.165, 1.54) is 11.3 Å². The van der Waals surface area contributed by atoms with Crippen LogP contribution < -0.4 is 15.5 Å². The summed E-state index contributed by atoms with van der Waals surface area (Å²) in [6.45, 7) is 1.92. The summed E-state index contributed by atoms with van der Waals surface area (Å²) in [5.74, 6) is 0.472. The molecule has 0 bridgehead atoms. The number of thiazole rings is 1. The first-order valence-electron chi connectivity index (χ1n) is 7.76. The molecule has 0 saturated heterocycles. The van der Waals surface area contributed by atoms with E-state index in [0.29, 0.717) is 16.6 Å². The van der Waals surface area contributed by atoms with Gasteiger partial charge in [0.15, 0.2) is 5.13 Å². The number of aryl methyl sites for hydroxylation is 1. The molecule has 2 aromatic heterocycles. The van der Waals surface area contributed by atoms with Crippen LogP contribution in [0.1, 0.15) is 16.2 Å².